The minimum atomic E-state index is -0.945. The molecule has 0 rings (SSSR count). The number of hydrogen-bond acceptors (Lipinski definition) is 9. The standard InChI is InChI=1S/C20H42O9/c1-5-15(3)27-13-19(11-25-9-17(23)7-21)29-20(14-28-16(4)6-2)12-26-10-18(24)8-22/h15-24H,5-14H2,1-4H3. The zero-order chi connectivity index (χ0) is 22.1. The fraction of sp³-hybridized carbons (Fsp3) is 1.00. The van der Waals surface area contributed by atoms with E-state index in [9.17, 15) is 10.2 Å². The summed E-state index contributed by atoms with van der Waals surface area (Å²) in [5.41, 5.74) is 0. The molecule has 6 unspecified atom stereocenters. The maximum Gasteiger partial charge on any atom is 0.105 e. The largest absolute Gasteiger partial charge is 0.394 e. The highest BCUT2D eigenvalue weighted by atomic mass is 16.6. The van der Waals surface area contributed by atoms with Crippen molar-refractivity contribution < 1.29 is 44.1 Å². The molecule has 6 atom stereocenters. The molecule has 0 aromatic carbocycles. The van der Waals surface area contributed by atoms with Crippen molar-refractivity contribution in [3.05, 3.63) is 0 Å². The van der Waals surface area contributed by atoms with Gasteiger partial charge in [-0.05, 0) is 26.7 Å². The Morgan fingerprint density at radius 1 is 0.621 bits per heavy atom. The van der Waals surface area contributed by atoms with Crippen LogP contribution in [-0.2, 0) is 23.7 Å². The van der Waals surface area contributed by atoms with E-state index in [1.807, 2.05) is 27.7 Å². The fourth-order valence-electron chi connectivity index (χ4n) is 2.08. The molecule has 0 aliphatic heterocycles. The number of ether oxygens (including phenoxy) is 5. The van der Waals surface area contributed by atoms with E-state index < -0.39 is 24.4 Å². The third-order valence-corrected chi connectivity index (χ3v) is 4.32. The molecule has 0 aliphatic rings. The second kappa shape index (κ2) is 18.4. The van der Waals surface area contributed by atoms with E-state index in [0.29, 0.717) is 13.2 Å². The molecule has 0 aromatic rings. The second-order valence-electron chi connectivity index (χ2n) is 7.23. The van der Waals surface area contributed by atoms with E-state index in [2.05, 4.69) is 0 Å². The summed E-state index contributed by atoms with van der Waals surface area (Å²) >= 11 is 0. The fourth-order valence-corrected chi connectivity index (χ4v) is 2.08. The summed E-state index contributed by atoms with van der Waals surface area (Å²) in [5.74, 6) is 0. The maximum atomic E-state index is 9.44. The summed E-state index contributed by atoms with van der Waals surface area (Å²) < 4.78 is 28.5. The Hall–Kier alpha value is -0.360. The van der Waals surface area contributed by atoms with Gasteiger partial charge in [0.2, 0.25) is 0 Å². The van der Waals surface area contributed by atoms with Gasteiger partial charge in [-0.15, -0.1) is 0 Å². The molecule has 4 N–H and O–H groups in total. The van der Waals surface area contributed by atoms with E-state index in [1.54, 1.807) is 0 Å². The van der Waals surface area contributed by atoms with E-state index in [4.69, 9.17) is 33.9 Å². The topological polar surface area (TPSA) is 127 Å². The summed E-state index contributed by atoms with van der Waals surface area (Å²) in [6, 6.07) is 0. The van der Waals surface area contributed by atoms with Crippen LogP contribution in [0.2, 0.25) is 0 Å². The Labute approximate surface area is 174 Å². The molecule has 0 amide bonds. The molecule has 0 fully saturated rings. The Kier molecular flexibility index (Phi) is 18.2. The van der Waals surface area contributed by atoms with Crippen LogP contribution in [0.15, 0.2) is 0 Å². The van der Waals surface area contributed by atoms with Gasteiger partial charge in [0.1, 0.15) is 24.4 Å². The first-order chi connectivity index (χ1) is 13.9. The third-order valence-electron chi connectivity index (χ3n) is 4.32. The molecule has 0 aromatic heterocycles. The van der Waals surface area contributed by atoms with Crippen LogP contribution < -0.4 is 0 Å². The molecule has 0 bridgehead atoms. The Bertz CT molecular complexity index is 327. The zero-order valence-electron chi connectivity index (χ0n) is 18.4. The molecule has 0 saturated carbocycles. The second-order valence-corrected chi connectivity index (χ2v) is 7.23. The first-order valence-electron chi connectivity index (χ1n) is 10.5. The molecule has 0 aliphatic carbocycles. The molecule has 29 heavy (non-hydrogen) atoms. The van der Waals surface area contributed by atoms with Crippen LogP contribution in [0.25, 0.3) is 0 Å². The highest BCUT2D eigenvalue weighted by Crippen LogP contribution is 2.08. The molecule has 0 heterocycles. The van der Waals surface area contributed by atoms with Crippen LogP contribution in [0.4, 0.5) is 0 Å². The number of rotatable bonds is 20. The summed E-state index contributed by atoms with van der Waals surface area (Å²) in [5, 5.41) is 36.7. The van der Waals surface area contributed by atoms with Gasteiger partial charge < -0.3 is 44.1 Å². The third kappa shape index (κ3) is 16.1. The van der Waals surface area contributed by atoms with Crippen molar-refractivity contribution in [3.8, 4) is 0 Å². The predicted octanol–water partition coefficient (Wildman–Crippen LogP) is 0.110. The van der Waals surface area contributed by atoms with E-state index in [1.165, 1.54) is 0 Å². The lowest BCUT2D eigenvalue weighted by molar-refractivity contribution is -0.149. The number of aliphatic hydroxyl groups excluding tert-OH is 4. The van der Waals surface area contributed by atoms with Crippen molar-refractivity contribution >= 4 is 0 Å². The lowest BCUT2D eigenvalue weighted by Gasteiger charge is -2.27. The SMILES string of the molecule is CCC(C)OCC(COCC(O)CO)OC(COCC(O)CO)COC(C)CC. The van der Waals surface area contributed by atoms with Crippen molar-refractivity contribution in [2.45, 2.75) is 77.2 Å². The van der Waals surface area contributed by atoms with Crippen molar-refractivity contribution in [2.75, 3.05) is 52.9 Å². The molecule has 0 spiro atoms. The Morgan fingerprint density at radius 2 is 1.00 bits per heavy atom. The van der Waals surface area contributed by atoms with Gasteiger partial charge in [0, 0.05) is 0 Å². The number of aliphatic hydroxyl groups is 4. The minimum absolute atomic E-state index is 0.00702. The van der Waals surface area contributed by atoms with Gasteiger partial charge in [0.25, 0.3) is 0 Å². The highest BCUT2D eigenvalue weighted by molar-refractivity contribution is 4.66. The van der Waals surface area contributed by atoms with Gasteiger partial charge in [-0.25, -0.2) is 0 Å². The van der Waals surface area contributed by atoms with Crippen molar-refractivity contribution in [3.63, 3.8) is 0 Å². The van der Waals surface area contributed by atoms with Gasteiger partial charge in [-0.2, -0.15) is 0 Å². The lowest BCUT2D eigenvalue weighted by atomic mass is 10.3. The van der Waals surface area contributed by atoms with Gasteiger partial charge in [0.05, 0.1) is 65.1 Å². The van der Waals surface area contributed by atoms with Gasteiger partial charge in [0.15, 0.2) is 0 Å². The molecular formula is C20H42O9. The van der Waals surface area contributed by atoms with Crippen molar-refractivity contribution in [1.82, 2.24) is 0 Å². The minimum Gasteiger partial charge on any atom is -0.394 e. The summed E-state index contributed by atoms with van der Waals surface area (Å²) in [7, 11) is 0. The monoisotopic (exact) mass is 426 g/mol. The molecule has 176 valence electrons. The quantitative estimate of drug-likeness (QED) is 0.214. The normalized spacial score (nSPS) is 18.2. The van der Waals surface area contributed by atoms with Crippen LogP contribution in [0.5, 0.6) is 0 Å². The average molecular weight is 427 g/mol. The first-order valence-corrected chi connectivity index (χ1v) is 10.5. The zero-order valence-corrected chi connectivity index (χ0v) is 18.4. The first kappa shape index (κ1) is 28.6. The van der Waals surface area contributed by atoms with Crippen molar-refractivity contribution in [1.29, 1.82) is 0 Å². The van der Waals surface area contributed by atoms with Crippen LogP contribution in [-0.4, -0.2) is 110 Å². The van der Waals surface area contributed by atoms with Gasteiger partial charge in [-0.1, -0.05) is 13.8 Å². The van der Waals surface area contributed by atoms with Gasteiger partial charge >= 0.3 is 0 Å². The van der Waals surface area contributed by atoms with Crippen molar-refractivity contribution in [2.24, 2.45) is 0 Å². The molecular weight excluding hydrogens is 384 g/mol. The van der Waals surface area contributed by atoms with Crippen LogP contribution in [0.3, 0.4) is 0 Å². The number of hydrogen-bond donors (Lipinski definition) is 4. The van der Waals surface area contributed by atoms with E-state index >= 15 is 0 Å². The Balaban J connectivity index is 4.79. The summed E-state index contributed by atoms with van der Waals surface area (Å²) in [4.78, 5) is 0. The van der Waals surface area contributed by atoms with Crippen LogP contribution >= 0.6 is 0 Å². The Morgan fingerprint density at radius 3 is 1.31 bits per heavy atom. The molecule has 0 radical (unpaired) electrons. The molecule has 0 saturated heterocycles. The highest BCUT2D eigenvalue weighted by Gasteiger charge is 2.21. The summed E-state index contributed by atoms with van der Waals surface area (Å²) in [6.07, 6.45) is -0.889. The maximum absolute atomic E-state index is 9.44. The molecule has 9 nitrogen and oxygen atoms in total. The lowest BCUT2D eigenvalue weighted by Crippen LogP contribution is -2.38. The van der Waals surface area contributed by atoms with Crippen LogP contribution in [0, 0.1) is 0 Å². The van der Waals surface area contributed by atoms with E-state index in [-0.39, 0.29) is 51.8 Å². The van der Waals surface area contributed by atoms with E-state index in [0.717, 1.165) is 12.8 Å². The molecule has 9 heteroatoms. The predicted molar refractivity (Wildman–Crippen MR) is 108 cm³/mol. The van der Waals surface area contributed by atoms with Gasteiger partial charge in [-0.3, -0.25) is 0 Å². The average Bonchev–Trinajstić information content (AvgIpc) is 2.73. The van der Waals surface area contributed by atoms with Crippen LogP contribution in [0.1, 0.15) is 40.5 Å². The summed E-state index contributed by atoms with van der Waals surface area (Å²) in [6.45, 7) is 8.16. The smallest absolute Gasteiger partial charge is 0.105 e.